The highest BCUT2D eigenvalue weighted by Crippen LogP contribution is 2.35. The van der Waals surface area contributed by atoms with Crippen molar-refractivity contribution in [2.24, 2.45) is 0 Å². The van der Waals surface area contributed by atoms with Crippen molar-refractivity contribution in [1.82, 2.24) is 15.1 Å². The van der Waals surface area contributed by atoms with Crippen molar-refractivity contribution in [3.8, 4) is 0 Å². The summed E-state index contributed by atoms with van der Waals surface area (Å²) >= 11 is 0. The Hall–Kier alpha value is -4.37. The molecule has 3 aromatic rings. The van der Waals surface area contributed by atoms with Crippen LogP contribution in [-0.2, 0) is 29.2 Å². The minimum atomic E-state index is -0.604. The lowest BCUT2D eigenvalue weighted by Gasteiger charge is -2.32. The lowest BCUT2D eigenvalue weighted by atomic mass is 9.87. The summed E-state index contributed by atoms with van der Waals surface area (Å²) in [5.41, 5.74) is 6.10. The normalized spacial score (nSPS) is 21.1. The van der Waals surface area contributed by atoms with E-state index in [9.17, 15) is 23.6 Å². The van der Waals surface area contributed by atoms with E-state index in [1.54, 1.807) is 21.9 Å². The monoisotopic (exact) mass is 566 g/mol. The van der Waals surface area contributed by atoms with Crippen LogP contribution in [0.4, 0.5) is 10.1 Å². The number of nitrogens with zero attached hydrogens (tertiary/aromatic N) is 3. The summed E-state index contributed by atoms with van der Waals surface area (Å²) in [5, 5.41) is 2.36. The molecule has 0 spiro atoms. The number of carbonyl (C=O) groups excluding carboxylic acids is 4. The first-order valence-corrected chi connectivity index (χ1v) is 14.5. The van der Waals surface area contributed by atoms with E-state index in [4.69, 9.17) is 0 Å². The van der Waals surface area contributed by atoms with Crippen LogP contribution in [0.15, 0.2) is 60.7 Å². The molecule has 0 bridgehead atoms. The molecule has 4 aliphatic heterocycles. The smallest absolute Gasteiger partial charge is 0.258 e. The Balaban J connectivity index is 0.974. The van der Waals surface area contributed by atoms with Crippen molar-refractivity contribution in [1.29, 1.82) is 0 Å². The van der Waals surface area contributed by atoms with Crippen molar-refractivity contribution in [3.05, 3.63) is 99.9 Å². The number of likely N-dealkylation sites (tertiary alicyclic amines) is 1. The summed E-state index contributed by atoms with van der Waals surface area (Å²) in [6.45, 7) is 3.43. The number of amides is 4. The number of nitrogens with one attached hydrogen (secondary N) is 1. The predicted octanol–water partition coefficient (Wildman–Crippen LogP) is 4.13. The van der Waals surface area contributed by atoms with Crippen molar-refractivity contribution in [2.75, 3.05) is 18.0 Å². The Labute approximate surface area is 243 Å². The van der Waals surface area contributed by atoms with Gasteiger partial charge >= 0.3 is 0 Å². The molecule has 4 heterocycles. The first-order valence-electron chi connectivity index (χ1n) is 14.5. The topological polar surface area (TPSA) is 90.0 Å². The predicted molar refractivity (Wildman–Crippen MR) is 153 cm³/mol. The van der Waals surface area contributed by atoms with Crippen LogP contribution >= 0.6 is 0 Å². The average molecular weight is 567 g/mol. The molecule has 1 N–H and O–H groups in total. The van der Waals surface area contributed by atoms with Crippen LogP contribution in [0.2, 0.25) is 0 Å². The van der Waals surface area contributed by atoms with Crippen molar-refractivity contribution >= 4 is 29.3 Å². The zero-order valence-electron chi connectivity index (χ0n) is 23.1. The summed E-state index contributed by atoms with van der Waals surface area (Å²) < 4.78 is 13.7. The molecule has 1 unspecified atom stereocenters. The standard InChI is InChI=1S/C33H31FN4O4/c34-25-2-1-3-26(16-25)37-18-23-5-4-20(14-28(23)33(37)42)17-36-12-10-21(11-13-36)22-6-7-27-24(15-22)19-38(32(27)41)29-8-9-30(39)35-31(29)40/h1-7,14-16,21,29H,8-13,17-19H2,(H,35,39,40). The molecule has 1 atom stereocenters. The Morgan fingerprint density at radius 2 is 1.64 bits per heavy atom. The summed E-state index contributed by atoms with van der Waals surface area (Å²) in [5.74, 6) is -0.895. The molecule has 7 rings (SSSR count). The molecular weight excluding hydrogens is 535 g/mol. The van der Waals surface area contributed by atoms with Gasteiger partial charge in [0.15, 0.2) is 0 Å². The number of fused-ring (bicyclic) bond motifs is 2. The van der Waals surface area contributed by atoms with Crippen LogP contribution in [-0.4, -0.2) is 52.6 Å². The molecule has 42 heavy (non-hydrogen) atoms. The second-order valence-corrected chi connectivity index (χ2v) is 11.7. The molecule has 214 valence electrons. The second-order valence-electron chi connectivity index (χ2n) is 11.7. The summed E-state index contributed by atoms with van der Waals surface area (Å²) in [6.07, 6.45) is 2.58. The van der Waals surface area contributed by atoms with Crippen molar-refractivity contribution in [2.45, 2.75) is 57.3 Å². The minimum absolute atomic E-state index is 0.0950. The van der Waals surface area contributed by atoms with Crippen molar-refractivity contribution in [3.63, 3.8) is 0 Å². The molecule has 4 aliphatic rings. The molecule has 0 aliphatic carbocycles. The molecule has 2 saturated heterocycles. The Morgan fingerprint density at radius 1 is 0.810 bits per heavy atom. The van der Waals surface area contributed by atoms with E-state index in [0.29, 0.717) is 42.2 Å². The third-order valence-electron chi connectivity index (χ3n) is 9.11. The highest BCUT2D eigenvalue weighted by atomic mass is 19.1. The van der Waals surface area contributed by atoms with Gasteiger partial charge in [-0.05, 0) is 90.9 Å². The van der Waals surface area contributed by atoms with Gasteiger partial charge in [-0.15, -0.1) is 0 Å². The van der Waals surface area contributed by atoms with Gasteiger partial charge in [-0.1, -0.05) is 30.3 Å². The highest BCUT2D eigenvalue weighted by molar-refractivity contribution is 6.10. The molecule has 0 aromatic heterocycles. The van der Waals surface area contributed by atoms with Crippen LogP contribution in [0.1, 0.15) is 74.6 Å². The van der Waals surface area contributed by atoms with E-state index in [1.807, 2.05) is 24.3 Å². The quantitative estimate of drug-likeness (QED) is 0.470. The third-order valence-corrected chi connectivity index (χ3v) is 9.11. The number of piperidine rings is 2. The van der Waals surface area contributed by atoms with Gasteiger partial charge in [-0.2, -0.15) is 0 Å². The Bertz CT molecular complexity index is 1630. The maximum atomic E-state index is 13.7. The Morgan fingerprint density at radius 3 is 2.43 bits per heavy atom. The molecule has 2 fully saturated rings. The van der Waals surface area contributed by atoms with E-state index in [0.717, 1.165) is 49.2 Å². The Kier molecular flexibility index (Phi) is 6.61. The number of rotatable bonds is 5. The summed E-state index contributed by atoms with van der Waals surface area (Å²) in [4.78, 5) is 55.7. The van der Waals surface area contributed by atoms with E-state index < -0.39 is 11.9 Å². The van der Waals surface area contributed by atoms with E-state index in [2.05, 4.69) is 22.3 Å². The van der Waals surface area contributed by atoms with E-state index in [-0.39, 0.29) is 30.0 Å². The first kappa shape index (κ1) is 26.5. The van der Waals surface area contributed by atoms with Gasteiger partial charge in [0.25, 0.3) is 11.8 Å². The summed E-state index contributed by atoms with van der Waals surface area (Å²) in [7, 11) is 0. The largest absolute Gasteiger partial charge is 0.322 e. The van der Waals surface area contributed by atoms with Crippen LogP contribution in [0, 0.1) is 5.82 Å². The van der Waals surface area contributed by atoms with Crippen molar-refractivity contribution < 1.29 is 23.6 Å². The van der Waals surface area contributed by atoms with Gasteiger partial charge in [-0.3, -0.25) is 29.4 Å². The zero-order chi connectivity index (χ0) is 29.0. The molecule has 0 radical (unpaired) electrons. The van der Waals surface area contributed by atoms with Crippen LogP contribution < -0.4 is 10.2 Å². The minimum Gasteiger partial charge on any atom is -0.322 e. The fraction of sp³-hybridized carbons (Fsp3) is 0.333. The molecule has 9 heteroatoms. The van der Waals surface area contributed by atoms with E-state index >= 15 is 0 Å². The molecule has 3 aromatic carbocycles. The molecule has 8 nitrogen and oxygen atoms in total. The lowest BCUT2D eigenvalue weighted by molar-refractivity contribution is -0.136. The first-order chi connectivity index (χ1) is 20.3. The van der Waals surface area contributed by atoms with Crippen LogP contribution in [0.25, 0.3) is 0 Å². The number of hydrogen-bond donors (Lipinski definition) is 1. The lowest BCUT2D eigenvalue weighted by Crippen LogP contribution is -2.52. The van der Waals surface area contributed by atoms with Crippen LogP contribution in [0.3, 0.4) is 0 Å². The maximum absolute atomic E-state index is 13.7. The maximum Gasteiger partial charge on any atom is 0.258 e. The van der Waals surface area contributed by atoms with Crippen LogP contribution in [0.5, 0.6) is 0 Å². The van der Waals surface area contributed by atoms with E-state index in [1.165, 1.54) is 17.7 Å². The number of imide groups is 1. The van der Waals surface area contributed by atoms with Gasteiger partial charge in [0.05, 0.1) is 6.54 Å². The number of halogens is 1. The number of anilines is 1. The zero-order valence-corrected chi connectivity index (χ0v) is 23.1. The van der Waals surface area contributed by atoms with Gasteiger partial charge in [0.1, 0.15) is 11.9 Å². The van der Waals surface area contributed by atoms with Gasteiger partial charge < -0.3 is 9.80 Å². The average Bonchev–Trinajstić information content (AvgIpc) is 3.49. The molecule has 0 saturated carbocycles. The van der Waals surface area contributed by atoms with Gasteiger partial charge in [-0.25, -0.2) is 4.39 Å². The number of carbonyl (C=O) groups is 4. The SMILES string of the molecule is O=C1CCC(N2Cc3cc(C4CCN(Cc5ccc6c(c5)C(=O)N(c5cccc(F)c5)C6)CC4)ccc3C2=O)C(=O)N1. The molecule has 4 amide bonds. The third kappa shape index (κ3) is 4.77. The fourth-order valence-corrected chi connectivity index (χ4v) is 6.83. The molecular formula is C33H31FN4O4. The number of hydrogen-bond acceptors (Lipinski definition) is 5. The highest BCUT2D eigenvalue weighted by Gasteiger charge is 2.39. The van der Waals surface area contributed by atoms with Gasteiger partial charge in [0.2, 0.25) is 11.8 Å². The fourth-order valence-electron chi connectivity index (χ4n) is 6.83. The second kappa shape index (κ2) is 10.5. The summed E-state index contributed by atoms with van der Waals surface area (Å²) in [6, 6.07) is 17.7. The number of benzene rings is 3. The van der Waals surface area contributed by atoms with Gasteiger partial charge in [0, 0.05) is 36.3 Å².